The first-order valence-corrected chi connectivity index (χ1v) is 31.9. The Morgan fingerprint density at radius 2 is 0.764 bits per heavy atom. The minimum Gasteiger partial charge on any atom is -0.394 e. The molecule has 0 aromatic carbocycles. The van der Waals surface area contributed by atoms with Gasteiger partial charge in [-0.15, -0.1) is 0 Å². The van der Waals surface area contributed by atoms with Gasteiger partial charge >= 0.3 is 0 Å². The number of rotatable bonds is 56. The number of ether oxygens (including phenoxy) is 2. The molecule has 0 saturated carbocycles. The normalized spacial score (nSPS) is 19.1. The molecule has 428 valence electrons. The van der Waals surface area contributed by atoms with Gasteiger partial charge in [-0.25, -0.2) is 0 Å². The molecule has 1 saturated heterocycles. The fraction of sp³-hybridized carbons (Fsp3) is 0.952. The highest BCUT2D eigenvalue weighted by Crippen LogP contribution is 2.23. The van der Waals surface area contributed by atoms with Crippen molar-refractivity contribution >= 4 is 5.91 Å². The van der Waals surface area contributed by atoms with Gasteiger partial charge in [0.25, 0.3) is 0 Å². The minimum absolute atomic E-state index is 0.169. The summed E-state index contributed by atoms with van der Waals surface area (Å²) in [5, 5.41) is 54.5. The van der Waals surface area contributed by atoms with Gasteiger partial charge in [-0.05, 0) is 19.3 Å². The molecule has 1 amide bonds. The Labute approximate surface area is 446 Å². The molecular formula is C63H123NO8. The van der Waals surface area contributed by atoms with Gasteiger partial charge < -0.3 is 40.3 Å². The number of aliphatic hydroxyl groups excluding tert-OH is 5. The number of amides is 1. The van der Waals surface area contributed by atoms with Crippen molar-refractivity contribution in [2.75, 3.05) is 13.2 Å². The highest BCUT2D eigenvalue weighted by molar-refractivity contribution is 5.76. The van der Waals surface area contributed by atoms with Crippen molar-refractivity contribution in [3.8, 4) is 0 Å². The Kier molecular flexibility index (Phi) is 51.1. The second kappa shape index (κ2) is 53.3. The molecule has 0 aromatic heterocycles. The average Bonchev–Trinajstić information content (AvgIpc) is 3.38. The van der Waals surface area contributed by atoms with Crippen molar-refractivity contribution in [1.82, 2.24) is 5.32 Å². The third-order valence-electron chi connectivity index (χ3n) is 15.6. The molecule has 0 aliphatic carbocycles. The summed E-state index contributed by atoms with van der Waals surface area (Å²) in [4.78, 5) is 13.1. The SMILES string of the molecule is CCCCCCCCCCCCCCC/C=C/C(O)C(COC1OC(CO)C(O)C(O)C1O)NC(=O)CCCCCCCCCCCCCCCCCCCCCCCCCCCCCCCCCCCC. The molecule has 1 fully saturated rings. The fourth-order valence-corrected chi connectivity index (χ4v) is 10.6. The van der Waals surface area contributed by atoms with E-state index in [1.54, 1.807) is 6.08 Å². The number of unbranched alkanes of at least 4 members (excludes halogenated alkanes) is 46. The highest BCUT2D eigenvalue weighted by Gasteiger charge is 2.44. The topological polar surface area (TPSA) is 149 Å². The van der Waals surface area contributed by atoms with Crippen LogP contribution in [0.4, 0.5) is 0 Å². The zero-order valence-corrected chi connectivity index (χ0v) is 47.7. The third kappa shape index (κ3) is 42.1. The van der Waals surface area contributed by atoms with Crippen molar-refractivity contribution in [2.24, 2.45) is 0 Å². The molecule has 72 heavy (non-hydrogen) atoms. The molecule has 0 spiro atoms. The van der Waals surface area contributed by atoms with Crippen molar-refractivity contribution < 1.29 is 39.8 Å². The molecule has 7 atom stereocenters. The maximum Gasteiger partial charge on any atom is 0.220 e. The Balaban J connectivity index is 2.07. The van der Waals surface area contributed by atoms with E-state index in [0.29, 0.717) is 6.42 Å². The van der Waals surface area contributed by atoms with Crippen LogP contribution in [0.2, 0.25) is 0 Å². The van der Waals surface area contributed by atoms with Crippen LogP contribution in [0, 0.1) is 0 Å². The second-order valence-electron chi connectivity index (χ2n) is 22.6. The number of allylic oxidation sites excluding steroid dienone is 1. The van der Waals surface area contributed by atoms with Gasteiger partial charge in [0.05, 0.1) is 25.4 Å². The van der Waals surface area contributed by atoms with Gasteiger partial charge in [-0.3, -0.25) is 4.79 Å². The first-order chi connectivity index (χ1) is 35.3. The largest absolute Gasteiger partial charge is 0.394 e. The van der Waals surface area contributed by atoms with Crippen LogP contribution < -0.4 is 5.32 Å². The van der Waals surface area contributed by atoms with Gasteiger partial charge in [0.2, 0.25) is 5.91 Å². The van der Waals surface area contributed by atoms with E-state index in [0.717, 1.165) is 38.5 Å². The minimum atomic E-state index is -1.56. The summed E-state index contributed by atoms with van der Waals surface area (Å²) < 4.78 is 11.3. The van der Waals surface area contributed by atoms with E-state index in [1.165, 1.54) is 270 Å². The Hall–Kier alpha value is -1.07. The predicted octanol–water partition coefficient (Wildman–Crippen LogP) is 16.4. The van der Waals surface area contributed by atoms with E-state index < -0.39 is 49.5 Å². The lowest BCUT2D eigenvalue weighted by Crippen LogP contribution is -2.60. The summed E-state index contributed by atoms with van der Waals surface area (Å²) in [6, 6.07) is -0.800. The van der Waals surface area contributed by atoms with Gasteiger partial charge in [0.15, 0.2) is 6.29 Å². The summed E-state index contributed by atoms with van der Waals surface area (Å²) in [5.41, 5.74) is 0. The van der Waals surface area contributed by atoms with Crippen LogP contribution in [-0.4, -0.2) is 87.5 Å². The molecule has 0 bridgehead atoms. The molecule has 1 heterocycles. The Morgan fingerprint density at radius 3 is 1.08 bits per heavy atom. The molecule has 9 nitrogen and oxygen atoms in total. The molecule has 0 radical (unpaired) electrons. The number of hydrogen-bond acceptors (Lipinski definition) is 8. The number of hydrogen-bond donors (Lipinski definition) is 6. The lowest BCUT2D eigenvalue weighted by atomic mass is 9.99. The lowest BCUT2D eigenvalue weighted by Gasteiger charge is -2.40. The van der Waals surface area contributed by atoms with Gasteiger partial charge in [-0.2, -0.15) is 0 Å². The summed E-state index contributed by atoms with van der Waals surface area (Å²) in [7, 11) is 0. The second-order valence-corrected chi connectivity index (χ2v) is 22.6. The fourth-order valence-electron chi connectivity index (χ4n) is 10.6. The standard InChI is InChI=1S/C63H123NO8/c1-3-5-7-9-11-13-15-17-19-20-21-22-23-24-25-26-27-28-29-30-31-32-33-34-35-36-37-39-41-43-45-47-49-51-53-59(67)64-56(55-71-63-62(70)61(69)60(68)58(54-65)72-63)57(66)52-50-48-46-44-42-40-38-18-16-14-12-10-8-6-4-2/h50,52,56-58,60-63,65-66,68-70H,3-49,51,53-55H2,1-2H3,(H,64,67)/b52-50+. The van der Waals surface area contributed by atoms with Crippen molar-refractivity contribution in [3.63, 3.8) is 0 Å². The molecule has 6 N–H and O–H groups in total. The zero-order chi connectivity index (χ0) is 52.2. The zero-order valence-electron chi connectivity index (χ0n) is 47.7. The molecular weight excluding hydrogens is 899 g/mol. The van der Waals surface area contributed by atoms with Gasteiger partial charge in [0, 0.05) is 6.42 Å². The van der Waals surface area contributed by atoms with Crippen molar-refractivity contribution in [2.45, 2.75) is 371 Å². The number of carbonyl (C=O) groups is 1. The summed E-state index contributed by atoms with van der Waals surface area (Å²) in [5.74, 6) is -0.169. The van der Waals surface area contributed by atoms with Crippen LogP contribution in [0.25, 0.3) is 0 Å². The summed E-state index contributed by atoms with van der Waals surface area (Å²) >= 11 is 0. The monoisotopic (exact) mass is 1020 g/mol. The van der Waals surface area contributed by atoms with Crippen LogP contribution >= 0.6 is 0 Å². The van der Waals surface area contributed by atoms with E-state index in [9.17, 15) is 30.3 Å². The van der Waals surface area contributed by atoms with E-state index in [2.05, 4.69) is 19.2 Å². The molecule has 7 unspecified atom stereocenters. The number of nitrogens with one attached hydrogen (secondary N) is 1. The van der Waals surface area contributed by atoms with E-state index in [-0.39, 0.29) is 12.5 Å². The number of carbonyl (C=O) groups excluding carboxylic acids is 1. The van der Waals surface area contributed by atoms with Crippen LogP contribution in [0.1, 0.15) is 328 Å². The smallest absolute Gasteiger partial charge is 0.220 e. The van der Waals surface area contributed by atoms with Crippen LogP contribution in [0.3, 0.4) is 0 Å². The molecule has 1 aliphatic heterocycles. The summed E-state index contributed by atoms with van der Waals surface area (Å²) in [6.45, 7) is 3.82. The molecule has 1 aliphatic rings. The van der Waals surface area contributed by atoms with E-state index >= 15 is 0 Å². The Bertz CT molecular complexity index is 1140. The van der Waals surface area contributed by atoms with E-state index in [4.69, 9.17) is 9.47 Å². The number of aliphatic hydroxyl groups is 5. The highest BCUT2D eigenvalue weighted by atomic mass is 16.7. The molecule has 0 aromatic rings. The van der Waals surface area contributed by atoms with Crippen molar-refractivity contribution in [3.05, 3.63) is 12.2 Å². The van der Waals surface area contributed by atoms with Gasteiger partial charge in [-0.1, -0.05) is 315 Å². The van der Waals surface area contributed by atoms with Gasteiger partial charge in [0.1, 0.15) is 24.4 Å². The maximum absolute atomic E-state index is 13.1. The van der Waals surface area contributed by atoms with Crippen LogP contribution in [-0.2, 0) is 14.3 Å². The van der Waals surface area contributed by atoms with Crippen molar-refractivity contribution in [1.29, 1.82) is 0 Å². The predicted molar refractivity (Wildman–Crippen MR) is 304 cm³/mol. The lowest BCUT2D eigenvalue weighted by molar-refractivity contribution is -0.302. The quantitative estimate of drug-likeness (QED) is 0.0261. The first-order valence-electron chi connectivity index (χ1n) is 31.9. The maximum atomic E-state index is 13.1. The van der Waals surface area contributed by atoms with Crippen LogP contribution in [0.5, 0.6) is 0 Å². The third-order valence-corrected chi connectivity index (χ3v) is 15.6. The first kappa shape index (κ1) is 68.9. The average molecular weight is 1020 g/mol. The molecule has 1 rings (SSSR count). The summed E-state index contributed by atoms with van der Waals surface area (Å²) in [6.07, 6.45) is 60.3. The van der Waals surface area contributed by atoms with Crippen LogP contribution in [0.15, 0.2) is 12.2 Å². The Morgan fingerprint density at radius 1 is 0.458 bits per heavy atom. The van der Waals surface area contributed by atoms with E-state index in [1.807, 2.05) is 6.08 Å². The molecule has 9 heteroatoms.